The van der Waals surface area contributed by atoms with Crippen molar-refractivity contribution in [2.24, 2.45) is 0 Å². The molecule has 4 rings (SSSR count). The molecule has 7 nitrogen and oxygen atoms in total. The van der Waals surface area contributed by atoms with Gasteiger partial charge in [0.1, 0.15) is 6.04 Å². The van der Waals surface area contributed by atoms with Gasteiger partial charge in [-0.25, -0.2) is 10.9 Å². The summed E-state index contributed by atoms with van der Waals surface area (Å²) in [6, 6.07) is 13.4. The molecule has 158 valence electrons. The largest absolute Gasteiger partial charge is 0.338 e. The van der Waals surface area contributed by atoms with E-state index < -0.39 is 0 Å². The molecule has 2 aliphatic rings. The Morgan fingerprint density at radius 3 is 2.30 bits per heavy atom. The van der Waals surface area contributed by atoms with Gasteiger partial charge in [0.25, 0.3) is 5.91 Å². The second kappa shape index (κ2) is 8.93. The van der Waals surface area contributed by atoms with Gasteiger partial charge in [-0.1, -0.05) is 32.0 Å². The van der Waals surface area contributed by atoms with Crippen LogP contribution < -0.4 is 10.9 Å². The number of aromatic nitrogens is 1. The molecule has 3 heterocycles. The van der Waals surface area contributed by atoms with Crippen molar-refractivity contribution in [3.63, 3.8) is 0 Å². The predicted molar refractivity (Wildman–Crippen MR) is 115 cm³/mol. The third-order valence-corrected chi connectivity index (χ3v) is 5.95. The summed E-state index contributed by atoms with van der Waals surface area (Å²) in [6.07, 6.45) is 2.43. The van der Waals surface area contributed by atoms with Crippen LogP contribution in [0, 0.1) is 0 Å². The summed E-state index contributed by atoms with van der Waals surface area (Å²) >= 11 is 0. The Morgan fingerprint density at radius 1 is 0.967 bits per heavy atom. The molecule has 2 aromatic rings. The predicted octanol–water partition coefficient (Wildman–Crippen LogP) is 2.10. The highest BCUT2D eigenvalue weighted by Gasteiger charge is 2.35. The Morgan fingerprint density at radius 2 is 1.67 bits per heavy atom. The van der Waals surface area contributed by atoms with Crippen LogP contribution in [-0.2, 0) is 4.79 Å². The first kappa shape index (κ1) is 20.5. The molecule has 2 saturated heterocycles. The van der Waals surface area contributed by atoms with Gasteiger partial charge in [-0.15, -0.1) is 0 Å². The average Bonchev–Trinajstić information content (AvgIpc) is 3.29. The molecular weight excluding hydrogens is 378 g/mol. The Balaban J connectivity index is 1.30. The SMILES string of the molecule is CC(C)c1ccc(C(=O)N2CCN(C(=O)C3CC(c4ccccn4)NN3)CC2)cc1. The molecule has 1 aromatic heterocycles. The zero-order valence-electron chi connectivity index (χ0n) is 17.5. The second-order valence-electron chi connectivity index (χ2n) is 8.28. The van der Waals surface area contributed by atoms with Crippen molar-refractivity contribution in [1.29, 1.82) is 0 Å². The second-order valence-corrected chi connectivity index (χ2v) is 8.28. The molecule has 7 heteroatoms. The van der Waals surface area contributed by atoms with Gasteiger partial charge in [-0.05, 0) is 42.2 Å². The third kappa shape index (κ3) is 4.37. The van der Waals surface area contributed by atoms with E-state index >= 15 is 0 Å². The van der Waals surface area contributed by atoms with Crippen LogP contribution in [0.3, 0.4) is 0 Å². The van der Waals surface area contributed by atoms with Crippen LogP contribution in [0.5, 0.6) is 0 Å². The van der Waals surface area contributed by atoms with Crippen LogP contribution >= 0.6 is 0 Å². The number of amides is 2. The van der Waals surface area contributed by atoms with E-state index in [1.54, 1.807) is 6.20 Å². The number of hydrazine groups is 1. The summed E-state index contributed by atoms with van der Waals surface area (Å²) < 4.78 is 0. The molecule has 2 unspecified atom stereocenters. The topological polar surface area (TPSA) is 77.6 Å². The van der Waals surface area contributed by atoms with Crippen molar-refractivity contribution < 1.29 is 9.59 Å². The maximum atomic E-state index is 12.9. The first-order chi connectivity index (χ1) is 14.5. The number of carbonyl (C=O) groups excluding carboxylic acids is 2. The standard InChI is InChI=1S/C23H29N5O2/c1-16(2)17-6-8-18(9-7-17)22(29)27-11-13-28(14-12-27)23(30)21-15-20(25-26-21)19-5-3-4-10-24-19/h3-10,16,20-21,25-26H,11-15H2,1-2H3. The molecule has 2 amide bonds. The molecule has 0 radical (unpaired) electrons. The van der Waals surface area contributed by atoms with E-state index in [0.717, 1.165) is 5.69 Å². The Bertz CT molecular complexity index is 876. The van der Waals surface area contributed by atoms with Crippen molar-refractivity contribution in [3.05, 3.63) is 65.5 Å². The number of pyridine rings is 1. The van der Waals surface area contributed by atoms with E-state index in [0.29, 0.717) is 44.1 Å². The van der Waals surface area contributed by atoms with Gasteiger partial charge in [0.2, 0.25) is 5.91 Å². The van der Waals surface area contributed by atoms with E-state index in [9.17, 15) is 9.59 Å². The molecule has 0 aliphatic carbocycles. The smallest absolute Gasteiger partial charge is 0.253 e. The molecule has 0 spiro atoms. The number of carbonyl (C=O) groups is 2. The van der Waals surface area contributed by atoms with Gasteiger partial charge in [0, 0.05) is 37.9 Å². The Kier molecular flexibility index (Phi) is 6.11. The lowest BCUT2D eigenvalue weighted by Gasteiger charge is -2.36. The van der Waals surface area contributed by atoms with Gasteiger partial charge in [-0.3, -0.25) is 14.6 Å². The number of rotatable bonds is 4. The minimum Gasteiger partial charge on any atom is -0.338 e. The van der Waals surface area contributed by atoms with Gasteiger partial charge < -0.3 is 9.80 Å². The van der Waals surface area contributed by atoms with E-state index in [4.69, 9.17) is 0 Å². The Labute approximate surface area is 177 Å². The van der Waals surface area contributed by atoms with Crippen molar-refractivity contribution in [3.8, 4) is 0 Å². The van der Waals surface area contributed by atoms with Crippen LogP contribution in [0.2, 0.25) is 0 Å². The quantitative estimate of drug-likeness (QED) is 0.812. The molecule has 2 aliphatic heterocycles. The first-order valence-corrected chi connectivity index (χ1v) is 10.6. The maximum absolute atomic E-state index is 12.9. The van der Waals surface area contributed by atoms with Crippen LogP contribution in [-0.4, -0.2) is 58.8 Å². The monoisotopic (exact) mass is 407 g/mol. The van der Waals surface area contributed by atoms with Crippen LogP contribution in [0.15, 0.2) is 48.7 Å². The van der Waals surface area contributed by atoms with Crippen LogP contribution in [0.1, 0.15) is 53.8 Å². The summed E-state index contributed by atoms with van der Waals surface area (Å²) in [5.74, 6) is 0.558. The van der Waals surface area contributed by atoms with Crippen LogP contribution in [0.4, 0.5) is 0 Å². The molecule has 2 N–H and O–H groups in total. The highest BCUT2D eigenvalue weighted by molar-refractivity contribution is 5.94. The summed E-state index contributed by atoms with van der Waals surface area (Å²) in [4.78, 5) is 33.8. The molecule has 2 fully saturated rings. The highest BCUT2D eigenvalue weighted by atomic mass is 16.2. The van der Waals surface area contributed by atoms with Crippen molar-refractivity contribution >= 4 is 11.8 Å². The van der Waals surface area contributed by atoms with E-state index in [1.165, 1.54) is 5.56 Å². The Hall–Kier alpha value is -2.77. The van der Waals surface area contributed by atoms with Gasteiger partial charge in [0.05, 0.1) is 11.7 Å². The lowest BCUT2D eigenvalue weighted by Crippen LogP contribution is -2.54. The number of nitrogens with one attached hydrogen (secondary N) is 2. The zero-order valence-corrected chi connectivity index (χ0v) is 17.5. The van der Waals surface area contributed by atoms with Crippen molar-refractivity contribution in [2.75, 3.05) is 26.2 Å². The van der Waals surface area contributed by atoms with Gasteiger partial charge >= 0.3 is 0 Å². The zero-order chi connectivity index (χ0) is 21.1. The molecule has 2 atom stereocenters. The van der Waals surface area contributed by atoms with E-state index in [1.807, 2.05) is 52.3 Å². The minimum atomic E-state index is -0.275. The fraction of sp³-hybridized carbons (Fsp3) is 0.435. The van der Waals surface area contributed by atoms with E-state index in [-0.39, 0.29) is 23.9 Å². The fourth-order valence-corrected chi connectivity index (χ4v) is 4.04. The van der Waals surface area contributed by atoms with E-state index in [2.05, 4.69) is 29.7 Å². The van der Waals surface area contributed by atoms with Crippen molar-refractivity contribution in [2.45, 2.75) is 38.3 Å². The lowest BCUT2D eigenvalue weighted by molar-refractivity contribution is -0.134. The number of hydrogen-bond donors (Lipinski definition) is 2. The van der Waals surface area contributed by atoms with Crippen LogP contribution in [0.25, 0.3) is 0 Å². The number of benzene rings is 1. The van der Waals surface area contributed by atoms with Gasteiger partial charge in [0.15, 0.2) is 0 Å². The number of hydrogen-bond acceptors (Lipinski definition) is 5. The molecule has 1 aromatic carbocycles. The summed E-state index contributed by atoms with van der Waals surface area (Å²) in [5, 5.41) is 0. The molecule has 30 heavy (non-hydrogen) atoms. The number of piperazine rings is 1. The summed E-state index contributed by atoms with van der Waals surface area (Å²) in [7, 11) is 0. The van der Waals surface area contributed by atoms with Crippen molar-refractivity contribution in [1.82, 2.24) is 25.6 Å². The maximum Gasteiger partial charge on any atom is 0.253 e. The first-order valence-electron chi connectivity index (χ1n) is 10.6. The molecule has 0 saturated carbocycles. The highest BCUT2D eigenvalue weighted by Crippen LogP contribution is 2.22. The lowest BCUT2D eigenvalue weighted by atomic mass is 10.0. The molecular formula is C23H29N5O2. The summed E-state index contributed by atoms with van der Waals surface area (Å²) in [6.45, 7) is 6.50. The normalized spacial score (nSPS) is 21.8. The minimum absolute atomic E-state index is 0.0248. The summed E-state index contributed by atoms with van der Waals surface area (Å²) in [5.41, 5.74) is 9.16. The third-order valence-electron chi connectivity index (χ3n) is 5.95. The fourth-order valence-electron chi connectivity index (χ4n) is 4.04. The average molecular weight is 408 g/mol. The number of nitrogens with zero attached hydrogens (tertiary/aromatic N) is 3. The molecule has 0 bridgehead atoms. The van der Waals surface area contributed by atoms with Gasteiger partial charge in [-0.2, -0.15) is 0 Å².